The van der Waals surface area contributed by atoms with Crippen molar-refractivity contribution in [2.75, 3.05) is 17.4 Å². The lowest BCUT2D eigenvalue weighted by Gasteiger charge is -2.32. The second kappa shape index (κ2) is 14.0. The third kappa shape index (κ3) is 7.74. The summed E-state index contributed by atoms with van der Waals surface area (Å²) in [5.41, 5.74) is 1.02. The van der Waals surface area contributed by atoms with Gasteiger partial charge in [-0.2, -0.15) is 0 Å². The number of carbonyl (C=O) groups excluding carboxylic acids is 2. The number of hydrogen-bond acceptors (Lipinski definition) is 4. The Kier molecular flexibility index (Phi) is 11.0. The zero-order valence-electron chi connectivity index (χ0n) is 22.5. The molecule has 0 aliphatic rings. The normalized spacial score (nSPS) is 12.1. The predicted octanol–water partition coefficient (Wildman–Crippen LogP) is 5.97. The van der Waals surface area contributed by atoms with Crippen LogP contribution in [0, 0.1) is 12.7 Å². The van der Waals surface area contributed by atoms with Crippen molar-refractivity contribution in [3.8, 4) is 0 Å². The van der Waals surface area contributed by atoms with Gasteiger partial charge in [0.25, 0.3) is 10.0 Å². The van der Waals surface area contributed by atoms with Crippen molar-refractivity contribution in [1.82, 2.24) is 10.2 Å². The molecule has 0 aromatic heterocycles. The van der Waals surface area contributed by atoms with E-state index in [4.69, 9.17) is 23.2 Å². The number of amides is 2. The maximum Gasteiger partial charge on any atom is 0.264 e. The van der Waals surface area contributed by atoms with E-state index in [1.807, 2.05) is 13.8 Å². The van der Waals surface area contributed by atoms with E-state index >= 15 is 0 Å². The van der Waals surface area contributed by atoms with Crippen molar-refractivity contribution in [2.24, 2.45) is 0 Å². The molecule has 3 aromatic carbocycles. The predicted molar refractivity (Wildman–Crippen MR) is 157 cm³/mol. The summed E-state index contributed by atoms with van der Waals surface area (Å²) in [5.74, 6) is -1.72. The highest BCUT2D eigenvalue weighted by atomic mass is 35.5. The largest absolute Gasteiger partial charge is 0.354 e. The highest BCUT2D eigenvalue weighted by Gasteiger charge is 2.33. The van der Waals surface area contributed by atoms with Gasteiger partial charge in [-0.25, -0.2) is 12.8 Å². The number of nitrogens with one attached hydrogen (secondary N) is 1. The first-order chi connectivity index (χ1) is 18.9. The molecule has 3 aromatic rings. The van der Waals surface area contributed by atoms with Crippen LogP contribution in [0.1, 0.15) is 37.8 Å². The number of anilines is 1. The molecular formula is C29H32Cl2FN3O4S. The summed E-state index contributed by atoms with van der Waals surface area (Å²) in [6.45, 7) is 4.76. The molecule has 0 saturated heterocycles. The van der Waals surface area contributed by atoms with Crippen LogP contribution in [-0.4, -0.2) is 44.3 Å². The standard InChI is InChI=1S/C29H32Cl2FN3O4S/c1-4-5-16-33-29(37)21(3)34(18-22-8-6-7-9-26(22)32)28(36)19-35(27-17-23(30)12-15-25(27)31)40(38,39)24-13-10-20(2)11-14-24/h6-15,17,21H,4-5,16,18-19H2,1-3H3,(H,33,37). The van der Waals surface area contributed by atoms with Crippen LogP contribution in [0.25, 0.3) is 0 Å². The molecule has 0 radical (unpaired) electrons. The number of benzene rings is 3. The van der Waals surface area contributed by atoms with Gasteiger partial charge in [0.15, 0.2) is 0 Å². The van der Waals surface area contributed by atoms with Gasteiger partial charge in [0, 0.05) is 23.7 Å². The molecule has 0 aliphatic heterocycles. The Balaban J connectivity index is 2.05. The number of unbranched alkanes of at least 4 members (excludes halogenated alkanes) is 1. The Morgan fingerprint density at radius 1 is 1.02 bits per heavy atom. The van der Waals surface area contributed by atoms with Crippen molar-refractivity contribution in [3.63, 3.8) is 0 Å². The summed E-state index contributed by atoms with van der Waals surface area (Å²) in [6, 6.07) is 15.3. The molecule has 0 spiro atoms. The van der Waals surface area contributed by atoms with Gasteiger partial charge >= 0.3 is 0 Å². The number of hydrogen-bond donors (Lipinski definition) is 1. The van der Waals surface area contributed by atoms with Gasteiger partial charge in [0.1, 0.15) is 18.4 Å². The lowest BCUT2D eigenvalue weighted by molar-refractivity contribution is -0.139. The minimum Gasteiger partial charge on any atom is -0.354 e. The van der Waals surface area contributed by atoms with Crippen molar-refractivity contribution in [3.05, 3.63) is 93.7 Å². The van der Waals surface area contributed by atoms with Gasteiger partial charge in [0.05, 0.1) is 15.6 Å². The van der Waals surface area contributed by atoms with Crippen LogP contribution in [0.5, 0.6) is 0 Å². The summed E-state index contributed by atoms with van der Waals surface area (Å²) in [5, 5.41) is 3.05. The quantitative estimate of drug-likeness (QED) is 0.257. The van der Waals surface area contributed by atoms with E-state index in [-0.39, 0.29) is 32.7 Å². The second-order valence-corrected chi connectivity index (χ2v) is 12.1. The average molecular weight is 609 g/mol. The molecule has 0 fully saturated rings. The Labute approximate surface area is 244 Å². The smallest absolute Gasteiger partial charge is 0.264 e. The number of carbonyl (C=O) groups is 2. The molecule has 0 heterocycles. The maximum atomic E-state index is 14.6. The number of halogens is 3. The van der Waals surface area contributed by atoms with Crippen LogP contribution in [0.3, 0.4) is 0 Å². The third-order valence-electron chi connectivity index (χ3n) is 6.36. The van der Waals surface area contributed by atoms with Crippen LogP contribution in [0.15, 0.2) is 71.6 Å². The molecule has 0 aliphatic carbocycles. The Morgan fingerprint density at radius 3 is 2.35 bits per heavy atom. The summed E-state index contributed by atoms with van der Waals surface area (Å²) in [4.78, 5) is 28.0. The van der Waals surface area contributed by atoms with Crippen molar-refractivity contribution in [2.45, 2.75) is 51.1 Å². The summed E-state index contributed by atoms with van der Waals surface area (Å²) in [6.07, 6.45) is 1.61. The molecule has 2 amide bonds. The first-order valence-electron chi connectivity index (χ1n) is 12.8. The molecular weight excluding hydrogens is 576 g/mol. The lowest BCUT2D eigenvalue weighted by atomic mass is 10.1. The van der Waals surface area contributed by atoms with E-state index < -0.39 is 40.2 Å². The highest BCUT2D eigenvalue weighted by molar-refractivity contribution is 7.92. The van der Waals surface area contributed by atoms with Crippen LogP contribution in [0.4, 0.5) is 10.1 Å². The molecule has 40 heavy (non-hydrogen) atoms. The fraction of sp³-hybridized carbons (Fsp3) is 0.310. The summed E-state index contributed by atoms with van der Waals surface area (Å²) < 4.78 is 43.2. The zero-order chi connectivity index (χ0) is 29.4. The van der Waals surface area contributed by atoms with E-state index in [2.05, 4.69) is 5.32 Å². The molecule has 7 nitrogen and oxygen atoms in total. The van der Waals surface area contributed by atoms with Gasteiger partial charge in [-0.05, 0) is 56.7 Å². The lowest BCUT2D eigenvalue weighted by Crippen LogP contribution is -2.51. The van der Waals surface area contributed by atoms with E-state index in [9.17, 15) is 22.4 Å². The van der Waals surface area contributed by atoms with Gasteiger partial charge in [-0.15, -0.1) is 0 Å². The third-order valence-corrected chi connectivity index (χ3v) is 8.69. The fourth-order valence-corrected chi connectivity index (χ4v) is 5.82. The van der Waals surface area contributed by atoms with Crippen LogP contribution in [-0.2, 0) is 26.2 Å². The molecule has 0 saturated carbocycles. The first kappa shape index (κ1) is 31.4. The van der Waals surface area contributed by atoms with E-state index in [0.29, 0.717) is 6.54 Å². The Hall–Kier alpha value is -3.14. The highest BCUT2D eigenvalue weighted by Crippen LogP contribution is 2.33. The summed E-state index contributed by atoms with van der Waals surface area (Å²) in [7, 11) is -4.32. The maximum absolute atomic E-state index is 14.6. The minimum absolute atomic E-state index is 0.00557. The van der Waals surface area contributed by atoms with Gasteiger partial charge in [0.2, 0.25) is 11.8 Å². The summed E-state index contributed by atoms with van der Waals surface area (Å²) >= 11 is 12.6. The van der Waals surface area contributed by atoms with E-state index in [0.717, 1.165) is 27.6 Å². The fourth-order valence-electron chi connectivity index (χ4n) is 3.96. The van der Waals surface area contributed by atoms with Crippen LogP contribution < -0.4 is 9.62 Å². The van der Waals surface area contributed by atoms with Gasteiger partial charge in [-0.3, -0.25) is 13.9 Å². The molecule has 3 rings (SSSR count). The molecule has 1 atom stereocenters. The molecule has 214 valence electrons. The Bertz CT molecular complexity index is 1450. The average Bonchev–Trinajstić information content (AvgIpc) is 2.92. The zero-order valence-corrected chi connectivity index (χ0v) is 24.9. The van der Waals surface area contributed by atoms with Crippen molar-refractivity contribution in [1.29, 1.82) is 0 Å². The SMILES string of the molecule is CCCCNC(=O)C(C)N(Cc1ccccc1F)C(=O)CN(c1cc(Cl)ccc1Cl)S(=O)(=O)c1ccc(C)cc1. The van der Waals surface area contributed by atoms with Crippen LogP contribution >= 0.6 is 23.2 Å². The minimum atomic E-state index is -4.32. The first-order valence-corrected chi connectivity index (χ1v) is 15.0. The molecule has 11 heteroatoms. The molecule has 1 N–H and O–H groups in total. The van der Waals surface area contributed by atoms with Crippen molar-refractivity contribution < 1.29 is 22.4 Å². The van der Waals surface area contributed by atoms with Gasteiger partial charge in [-0.1, -0.05) is 72.4 Å². The number of aryl methyl sites for hydroxylation is 1. The monoisotopic (exact) mass is 607 g/mol. The van der Waals surface area contributed by atoms with Crippen molar-refractivity contribution >= 4 is 50.7 Å². The van der Waals surface area contributed by atoms with Crippen LogP contribution in [0.2, 0.25) is 10.0 Å². The number of nitrogens with zero attached hydrogens (tertiary/aromatic N) is 2. The topological polar surface area (TPSA) is 86.8 Å². The number of rotatable bonds is 12. The van der Waals surface area contributed by atoms with Gasteiger partial charge < -0.3 is 10.2 Å². The Morgan fingerprint density at radius 2 is 1.70 bits per heavy atom. The van der Waals surface area contributed by atoms with E-state index in [1.54, 1.807) is 18.2 Å². The van der Waals surface area contributed by atoms with E-state index in [1.165, 1.54) is 55.5 Å². The number of sulfonamides is 1. The molecule has 0 bridgehead atoms. The molecule has 1 unspecified atom stereocenters. The second-order valence-electron chi connectivity index (χ2n) is 9.35.